The number of carbonyl (C=O) groups is 2. The van der Waals surface area contributed by atoms with Crippen molar-refractivity contribution >= 4 is 54.2 Å². The lowest BCUT2D eigenvalue weighted by Gasteiger charge is -2.43. The van der Waals surface area contributed by atoms with E-state index < -0.39 is 8.32 Å². The van der Waals surface area contributed by atoms with Crippen LogP contribution >= 0.6 is 23.5 Å². The number of ether oxygens (including phenoxy) is 2. The van der Waals surface area contributed by atoms with Crippen molar-refractivity contribution in [3.63, 3.8) is 0 Å². The van der Waals surface area contributed by atoms with Gasteiger partial charge in [0.1, 0.15) is 12.2 Å². The highest BCUT2D eigenvalue weighted by atomic mass is 32.2. The number of esters is 2. The van der Waals surface area contributed by atoms with Crippen LogP contribution in [0.2, 0.25) is 5.04 Å². The third kappa shape index (κ3) is 31.3. The summed E-state index contributed by atoms with van der Waals surface area (Å²) in [4.78, 5) is 25.9. The maximum Gasteiger partial charge on any atom is 0.306 e. The highest BCUT2D eigenvalue weighted by Crippen LogP contribution is 2.37. The second kappa shape index (κ2) is 44.4. The van der Waals surface area contributed by atoms with E-state index in [2.05, 4.69) is 114 Å². The summed E-state index contributed by atoms with van der Waals surface area (Å²) in [5, 5.41) is 6.69. The fraction of sp³-hybridized carbons (Fsp3) is 0.778. The Morgan fingerprint density at radius 1 is 0.486 bits per heavy atom. The van der Waals surface area contributed by atoms with Crippen molar-refractivity contribution in [2.24, 2.45) is 0 Å². The van der Waals surface area contributed by atoms with Crippen LogP contribution in [-0.4, -0.2) is 74.7 Å². The first-order chi connectivity index (χ1) is 35.1. The molecule has 0 amide bonds. The van der Waals surface area contributed by atoms with E-state index in [9.17, 15) is 9.59 Å². The lowest BCUT2D eigenvalue weighted by atomic mass is 9.99. The van der Waals surface area contributed by atoms with E-state index in [1.807, 2.05) is 23.5 Å². The van der Waals surface area contributed by atoms with Gasteiger partial charge in [0.05, 0.1) is 0 Å². The van der Waals surface area contributed by atoms with Crippen LogP contribution in [0, 0.1) is 0 Å². The normalized spacial score (nSPS) is 13.3. The van der Waals surface area contributed by atoms with Gasteiger partial charge in [-0.1, -0.05) is 225 Å². The first-order valence-corrected chi connectivity index (χ1v) is 34.4. The fourth-order valence-electron chi connectivity index (χ4n) is 10.0. The van der Waals surface area contributed by atoms with Crippen LogP contribution in [0.5, 0.6) is 0 Å². The zero-order valence-corrected chi connectivity index (χ0v) is 50.4. The number of benzene rings is 2. The van der Waals surface area contributed by atoms with Crippen molar-refractivity contribution in [1.29, 1.82) is 0 Å². The van der Waals surface area contributed by atoms with E-state index in [1.54, 1.807) is 0 Å². The summed E-state index contributed by atoms with van der Waals surface area (Å²) in [6.45, 7) is 17.8. The summed E-state index contributed by atoms with van der Waals surface area (Å²) >= 11 is 3.95. The molecule has 2 unspecified atom stereocenters. The largest absolute Gasteiger partial charge is 0.461 e. The summed E-state index contributed by atoms with van der Waals surface area (Å²) < 4.78 is 19.6. The van der Waals surface area contributed by atoms with E-state index in [-0.39, 0.29) is 29.2 Å². The second-order valence-corrected chi connectivity index (χ2v) is 28.6. The summed E-state index contributed by atoms with van der Waals surface area (Å²) in [7, 11) is -2.55. The average Bonchev–Trinajstić information content (AvgIpc) is 3.37. The van der Waals surface area contributed by atoms with Gasteiger partial charge in [-0.25, -0.2) is 0 Å². The molecule has 414 valence electrons. The van der Waals surface area contributed by atoms with Crippen molar-refractivity contribution in [2.75, 3.05) is 36.2 Å². The molecular weight excluding hydrogens is 943 g/mol. The van der Waals surface area contributed by atoms with Crippen molar-refractivity contribution < 1.29 is 23.5 Å². The first-order valence-electron chi connectivity index (χ1n) is 30.1. The minimum absolute atomic E-state index is 0.00858. The molecule has 0 aliphatic carbocycles. The molecule has 2 aromatic carbocycles. The number of hydrogen-bond donors (Lipinski definition) is 1. The molecule has 0 saturated heterocycles. The SMILES string of the molecule is CCCCCCCCC(=O)OC(CCCCCC(CCCCCC(CSCCCCC)OC(=O)CCCCCCCC)NCCCCO[Si](c1ccccc1)(c1ccccc1)C(C)(C)C)CSCCCCC. The molecule has 2 atom stereocenters. The van der Waals surface area contributed by atoms with Gasteiger partial charge in [-0.05, 0) is 111 Å². The second-order valence-electron chi connectivity index (χ2n) is 22.0. The van der Waals surface area contributed by atoms with E-state index >= 15 is 0 Å². The Bertz CT molecular complexity index is 1450. The molecule has 1 N–H and O–H groups in total. The smallest absolute Gasteiger partial charge is 0.306 e. The lowest BCUT2D eigenvalue weighted by molar-refractivity contribution is -0.149. The minimum atomic E-state index is -2.55. The Hall–Kier alpha value is -1.78. The van der Waals surface area contributed by atoms with Gasteiger partial charge in [0.25, 0.3) is 8.32 Å². The molecule has 2 rings (SSSR count). The number of carbonyl (C=O) groups excluding carboxylic acids is 2. The van der Waals surface area contributed by atoms with Gasteiger partial charge < -0.3 is 19.2 Å². The van der Waals surface area contributed by atoms with Crippen molar-refractivity contribution in [1.82, 2.24) is 5.32 Å². The topological polar surface area (TPSA) is 73.9 Å². The summed E-state index contributed by atoms with van der Waals surface area (Å²) in [6, 6.07) is 22.5. The van der Waals surface area contributed by atoms with E-state index in [0.29, 0.717) is 18.9 Å². The van der Waals surface area contributed by atoms with Crippen LogP contribution in [0.1, 0.15) is 254 Å². The molecule has 2 aromatic rings. The van der Waals surface area contributed by atoms with Gasteiger partial charge in [-0.3, -0.25) is 9.59 Å². The van der Waals surface area contributed by atoms with Gasteiger partial charge in [-0.15, -0.1) is 0 Å². The molecule has 0 radical (unpaired) electrons. The molecule has 6 nitrogen and oxygen atoms in total. The molecule has 9 heteroatoms. The summed E-state index contributed by atoms with van der Waals surface area (Å²) in [6.07, 6.45) is 36.2. The van der Waals surface area contributed by atoms with Crippen LogP contribution < -0.4 is 15.7 Å². The van der Waals surface area contributed by atoms with Gasteiger partial charge in [0.15, 0.2) is 0 Å². The van der Waals surface area contributed by atoms with Crippen LogP contribution in [-0.2, 0) is 23.5 Å². The third-order valence-corrected chi connectivity index (χ3v) is 21.8. The zero-order chi connectivity index (χ0) is 52.2. The highest BCUT2D eigenvalue weighted by molar-refractivity contribution is 7.99. The van der Waals surface area contributed by atoms with Gasteiger partial charge in [0, 0.05) is 37.0 Å². The molecule has 0 saturated carbocycles. The van der Waals surface area contributed by atoms with Crippen LogP contribution in [0.25, 0.3) is 0 Å². The number of rotatable bonds is 49. The van der Waals surface area contributed by atoms with Crippen molar-refractivity contribution in [3.05, 3.63) is 60.7 Å². The molecule has 0 heterocycles. The first kappa shape index (κ1) is 66.3. The quantitative estimate of drug-likeness (QED) is 0.0399. The number of thioether (sulfide) groups is 2. The maximum absolute atomic E-state index is 13.0. The third-order valence-electron chi connectivity index (χ3n) is 14.4. The van der Waals surface area contributed by atoms with Crippen LogP contribution in [0.15, 0.2) is 60.7 Å². The molecule has 72 heavy (non-hydrogen) atoms. The minimum Gasteiger partial charge on any atom is -0.461 e. The predicted octanol–water partition coefficient (Wildman–Crippen LogP) is 17.4. The summed E-state index contributed by atoms with van der Waals surface area (Å²) in [5.41, 5.74) is 0. The Balaban J connectivity index is 2.02. The highest BCUT2D eigenvalue weighted by Gasteiger charge is 2.50. The molecule has 0 aromatic heterocycles. The number of hydrogen-bond acceptors (Lipinski definition) is 8. The van der Waals surface area contributed by atoms with Crippen LogP contribution in [0.4, 0.5) is 0 Å². The monoisotopic (exact) mass is 1050 g/mol. The van der Waals surface area contributed by atoms with Gasteiger partial charge in [-0.2, -0.15) is 23.5 Å². The molecule has 0 aliphatic rings. The standard InChI is InChI=1S/C63H111NO5S2Si/c1-8-12-16-18-20-34-48-61(65)68-57(54-70-52-38-14-10-3)42-28-22-26-40-56(41-27-23-29-43-58(55-71-53-39-15-11-4)69-62(66)49-35-21-19-17-13-9-2)64-50-36-37-51-67-72(63(5,6)7,59-44-30-24-31-45-59)60-46-32-25-33-47-60/h24-25,30-33,44-47,56-58,64H,8-23,26-29,34-43,48-55H2,1-7H3. The number of unbranched alkanes of at least 4 members (excludes halogenated alkanes) is 19. The van der Waals surface area contributed by atoms with E-state index in [0.717, 1.165) is 113 Å². The van der Waals surface area contributed by atoms with E-state index in [4.69, 9.17) is 13.9 Å². The Morgan fingerprint density at radius 2 is 0.875 bits per heavy atom. The Morgan fingerprint density at radius 3 is 1.31 bits per heavy atom. The fourth-order valence-corrected chi connectivity index (χ4v) is 16.8. The molecule has 0 aliphatic heterocycles. The molecule has 0 fully saturated rings. The van der Waals surface area contributed by atoms with Gasteiger partial charge in [0.2, 0.25) is 0 Å². The predicted molar refractivity (Wildman–Crippen MR) is 320 cm³/mol. The molecular formula is C63H111NO5S2Si. The van der Waals surface area contributed by atoms with Crippen molar-refractivity contribution in [2.45, 2.75) is 277 Å². The zero-order valence-electron chi connectivity index (χ0n) is 47.7. The van der Waals surface area contributed by atoms with E-state index in [1.165, 1.54) is 126 Å². The van der Waals surface area contributed by atoms with Crippen LogP contribution in [0.3, 0.4) is 0 Å². The van der Waals surface area contributed by atoms with Crippen molar-refractivity contribution in [3.8, 4) is 0 Å². The Kier molecular flexibility index (Phi) is 40.9. The van der Waals surface area contributed by atoms with Gasteiger partial charge >= 0.3 is 11.9 Å². The molecule has 0 bridgehead atoms. The average molecular weight is 1050 g/mol. The number of nitrogens with one attached hydrogen (secondary N) is 1. The summed E-state index contributed by atoms with van der Waals surface area (Å²) in [5.74, 6) is 4.17. The molecule has 0 spiro atoms. The lowest BCUT2D eigenvalue weighted by Crippen LogP contribution is -2.66. The Labute approximate surface area is 454 Å². The maximum atomic E-state index is 13.0.